The molecule has 0 saturated carbocycles. The fourth-order valence-electron chi connectivity index (χ4n) is 2.64. The maximum absolute atomic E-state index is 8.74. The number of unbranched alkanes of at least 4 members (excludes halogenated alkanes) is 10. The molecule has 5 heteroatoms. The van der Waals surface area contributed by atoms with Gasteiger partial charge >= 0.3 is 10.4 Å². The summed E-state index contributed by atoms with van der Waals surface area (Å²) in [6.07, 6.45) is 17.0. The first kappa shape index (κ1) is 23.1. The van der Waals surface area contributed by atoms with E-state index < -0.39 is 10.4 Å². The van der Waals surface area contributed by atoms with Crippen molar-refractivity contribution in [1.82, 2.24) is 0 Å². The molecule has 1 rings (SSSR count). The van der Waals surface area contributed by atoms with Gasteiger partial charge in [0, 0.05) is 0 Å². The van der Waals surface area contributed by atoms with Crippen LogP contribution in [0.5, 0.6) is 0 Å². The van der Waals surface area contributed by atoms with E-state index in [-0.39, 0.29) is 0 Å². The van der Waals surface area contributed by atoms with Crippen molar-refractivity contribution in [1.29, 1.82) is 0 Å². The van der Waals surface area contributed by atoms with E-state index in [1.165, 1.54) is 82.6 Å². The maximum Gasteiger partial charge on any atom is 0.394 e. The van der Waals surface area contributed by atoms with E-state index in [0.29, 0.717) is 0 Å². The van der Waals surface area contributed by atoms with Crippen molar-refractivity contribution < 1.29 is 17.5 Å². The standard InChI is InChI=1S/C19H32.H2O4S/c1-2-3-4-5-6-7-8-9-10-11-13-16-19-17-14-12-15-18-19;1-5(2,3)4/h12,14-15,17-18H,2-11,13,16H2,1H3;(H2,1,2,3,4). The molecule has 0 aliphatic rings. The molecule has 2 N–H and O–H groups in total. The molecule has 0 aliphatic heterocycles. The van der Waals surface area contributed by atoms with E-state index in [1.54, 1.807) is 0 Å². The van der Waals surface area contributed by atoms with Gasteiger partial charge in [-0.3, -0.25) is 9.11 Å². The van der Waals surface area contributed by atoms with Crippen molar-refractivity contribution in [3.8, 4) is 0 Å². The van der Waals surface area contributed by atoms with Crippen molar-refractivity contribution in [3.05, 3.63) is 35.9 Å². The first-order chi connectivity index (χ1) is 11.4. The molecule has 0 spiro atoms. The van der Waals surface area contributed by atoms with Gasteiger partial charge in [0.15, 0.2) is 0 Å². The molecule has 24 heavy (non-hydrogen) atoms. The molecule has 0 unspecified atom stereocenters. The van der Waals surface area contributed by atoms with Crippen LogP contribution in [0.25, 0.3) is 0 Å². The first-order valence-corrected chi connectivity index (χ1v) is 10.6. The smallest absolute Gasteiger partial charge is 0.264 e. The quantitative estimate of drug-likeness (QED) is 0.361. The molecule has 0 amide bonds. The molecular formula is C19H34O4S. The van der Waals surface area contributed by atoms with Gasteiger partial charge in [-0.15, -0.1) is 0 Å². The number of aryl methyl sites for hydroxylation is 1. The third-order valence-electron chi connectivity index (χ3n) is 3.91. The predicted molar refractivity (Wildman–Crippen MR) is 101 cm³/mol. The van der Waals surface area contributed by atoms with Gasteiger partial charge in [-0.05, 0) is 18.4 Å². The Balaban J connectivity index is 0.000000922. The van der Waals surface area contributed by atoms with Crippen molar-refractivity contribution in [2.45, 2.75) is 84.0 Å². The topological polar surface area (TPSA) is 74.6 Å². The maximum atomic E-state index is 8.74. The van der Waals surface area contributed by atoms with Crippen molar-refractivity contribution >= 4 is 10.4 Å². The first-order valence-electron chi connectivity index (χ1n) is 9.17. The van der Waals surface area contributed by atoms with Gasteiger partial charge in [-0.1, -0.05) is 101 Å². The van der Waals surface area contributed by atoms with Gasteiger partial charge in [0.2, 0.25) is 0 Å². The van der Waals surface area contributed by atoms with Crippen molar-refractivity contribution in [3.63, 3.8) is 0 Å². The average molecular weight is 359 g/mol. The molecule has 0 aromatic heterocycles. The minimum absolute atomic E-state index is 1.26. The zero-order valence-corrected chi connectivity index (χ0v) is 15.8. The van der Waals surface area contributed by atoms with Gasteiger partial charge < -0.3 is 0 Å². The number of benzene rings is 1. The molecule has 0 fully saturated rings. The van der Waals surface area contributed by atoms with Gasteiger partial charge in [0.25, 0.3) is 0 Å². The van der Waals surface area contributed by atoms with Crippen LogP contribution in [0.3, 0.4) is 0 Å². The second-order valence-electron chi connectivity index (χ2n) is 6.22. The summed E-state index contributed by atoms with van der Waals surface area (Å²) in [4.78, 5) is 0. The van der Waals surface area contributed by atoms with Gasteiger partial charge in [0.1, 0.15) is 0 Å². The van der Waals surface area contributed by atoms with E-state index in [4.69, 9.17) is 17.5 Å². The molecule has 0 heterocycles. The molecule has 0 radical (unpaired) electrons. The molecule has 0 bridgehead atoms. The number of hydrogen-bond acceptors (Lipinski definition) is 2. The highest BCUT2D eigenvalue weighted by Crippen LogP contribution is 2.12. The average Bonchev–Trinajstić information content (AvgIpc) is 2.52. The summed E-state index contributed by atoms with van der Waals surface area (Å²) in [5.41, 5.74) is 1.50. The van der Waals surface area contributed by atoms with Gasteiger partial charge in [-0.2, -0.15) is 8.42 Å². The fraction of sp³-hybridized carbons (Fsp3) is 0.684. The lowest BCUT2D eigenvalue weighted by atomic mass is 10.0. The third kappa shape index (κ3) is 21.1. The Labute approximate surface area is 148 Å². The predicted octanol–water partition coefficient (Wildman–Crippen LogP) is 5.89. The van der Waals surface area contributed by atoms with Crippen molar-refractivity contribution in [2.75, 3.05) is 0 Å². The Morgan fingerprint density at radius 3 is 1.50 bits per heavy atom. The van der Waals surface area contributed by atoms with Crippen LogP contribution in [0.4, 0.5) is 0 Å². The highest BCUT2D eigenvalue weighted by molar-refractivity contribution is 7.79. The SMILES string of the molecule is CCCCCCCCCCCCCc1ccccc1.O=S(=O)(O)O. The number of rotatable bonds is 12. The van der Waals surface area contributed by atoms with Gasteiger partial charge in [-0.25, -0.2) is 0 Å². The molecule has 0 aliphatic carbocycles. The van der Waals surface area contributed by atoms with Crippen LogP contribution in [0.15, 0.2) is 30.3 Å². The minimum Gasteiger partial charge on any atom is -0.264 e. The molecule has 0 saturated heterocycles. The lowest BCUT2D eigenvalue weighted by Crippen LogP contribution is -1.89. The molecule has 140 valence electrons. The monoisotopic (exact) mass is 358 g/mol. The summed E-state index contributed by atoms with van der Waals surface area (Å²) in [5, 5.41) is 0. The summed E-state index contributed by atoms with van der Waals surface area (Å²) in [6.45, 7) is 2.29. The van der Waals surface area contributed by atoms with Crippen LogP contribution in [-0.2, 0) is 16.8 Å². The van der Waals surface area contributed by atoms with E-state index >= 15 is 0 Å². The minimum atomic E-state index is -4.67. The Hall–Kier alpha value is -0.910. The second-order valence-corrected chi connectivity index (χ2v) is 7.11. The van der Waals surface area contributed by atoms with Crippen LogP contribution in [-0.4, -0.2) is 17.5 Å². The lowest BCUT2D eigenvalue weighted by molar-refractivity contribution is 0.381. The molecule has 0 atom stereocenters. The largest absolute Gasteiger partial charge is 0.394 e. The Morgan fingerprint density at radius 2 is 1.08 bits per heavy atom. The van der Waals surface area contributed by atoms with Crippen LogP contribution in [0.2, 0.25) is 0 Å². The number of hydrogen-bond donors (Lipinski definition) is 2. The Bertz CT molecular complexity index is 463. The van der Waals surface area contributed by atoms with E-state index in [1.807, 2.05) is 0 Å². The van der Waals surface area contributed by atoms with Crippen LogP contribution in [0.1, 0.15) is 83.1 Å². The van der Waals surface area contributed by atoms with E-state index in [2.05, 4.69) is 37.3 Å². The zero-order valence-electron chi connectivity index (χ0n) is 15.0. The summed E-state index contributed by atoms with van der Waals surface area (Å²) >= 11 is 0. The lowest BCUT2D eigenvalue weighted by Gasteiger charge is -2.03. The fourth-order valence-corrected chi connectivity index (χ4v) is 2.64. The summed E-state index contributed by atoms with van der Waals surface area (Å²) in [7, 11) is -4.67. The molecule has 4 nitrogen and oxygen atoms in total. The Kier molecular flexibility index (Phi) is 15.0. The normalized spacial score (nSPS) is 11.0. The molecular weight excluding hydrogens is 324 g/mol. The van der Waals surface area contributed by atoms with E-state index in [9.17, 15) is 0 Å². The third-order valence-corrected chi connectivity index (χ3v) is 3.91. The molecule has 1 aromatic rings. The molecule has 1 aromatic carbocycles. The van der Waals surface area contributed by atoms with Crippen LogP contribution in [0, 0.1) is 0 Å². The van der Waals surface area contributed by atoms with Gasteiger partial charge in [0.05, 0.1) is 0 Å². The highest BCUT2D eigenvalue weighted by atomic mass is 32.3. The summed E-state index contributed by atoms with van der Waals surface area (Å²) < 4.78 is 31.6. The van der Waals surface area contributed by atoms with Crippen LogP contribution < -0.4 is 0 Å². The highest BCUT2D eigenvalue weighted by Gasteiger charge is 1.94. The summed E-state index contributed by atoms with van der Waals surface area (Å²) in [6, 6.07) is 10.9. The van der Waals surface area contributed by atoms with Crippen LogP contribution >= 0.6 is 0 Å². The zero-order chi connectivity index (χ0) is 18.1. The van der Waals surface area contributed by atoms with E-state index in [0.717, 1.165) is 0 Å². The van der Waals surface area contributed by atoms with Crippen molar-refractivity contribution in [2.24, 2.45) is 0 Å². The summed E-state index contributed by atoms with van der Waals surface area (Å²) in [5.74, 6) is 0. The Morgan fingerprint density at radius 1 is 0.708 bits per heavy atom. The second kappa shape index (κ2) is 15.6.